The van der Waals surface area contributed by atoms with Crippen LogP contribution >= 0.6 is 11.6 Å². The lowest BCUT2D eigenvalue weighted by Crippen LogP contribution is -2.19. The van der Waals surface area contributed by atoms with Crippen molar-refractivity contribution >= 4 is 11.6 Å². The van der Waals surface area contributed by atoms with E-state index in [1.165, 1.54) is 0 Å². The lowest BCUT2D eigenvalue weighted by Gasteiger charge is -2.19. The maximum Gasteiger partial charge on any atom is 0.195 e. The molecule has 11 heavy (non-hydrogen) atoms. The summed E-state index contributed by atoms with van der Waals surface area (Å²) >= 11 is 5.62. The maximum absolute atomic E-state index is 13.4. The summed E-state index contributed by atoms with van der Waals surface area (Å²) in [6.45, 7) is 1.83. The predicted molar refractivity (Wildman–Crippen MR) is 41.1 cm³/mol. The van der Waals surface area contributed by atoms with Crippen molar-refractivity contribution in [2.24, 2.45) is 11.3 Å². The third-order valence-corrected chi connectivity index (χ3v) is 4.00. The molecule has 0 aromatic rings. The van der Waals surface area contributed by atoms with Crippen molar-refractivity contribution < 1.29 is 9.50 Å². The molecule has 0 amide bonds. The van der Waals surface area contributed by atoms with Gasteiger partial charge in [-0.25, -0.2) is 4.39 Å². The molecule has 0 aromatic heterocycles. The first kappa shape index (κ1) is 7.81. The molecule has 0 bridgehead atoms. The molecule has 0 aliphatic heterocycles. The Labute approximate surface area is 70.5 Å². The van der Waals surface area contributed by atoms with E-state index in [1.807, 2.05) is 6.92 Å². The van der Waals surface area contributed by atoms with Gasteiger partial charge in [-0.1, -0.05) is 24.9 Å². The van der Waals surface area contributed by atoms with Crippen molar-refractivity contribution in [1.29, 1.82) is 0 Å². The normalized spacial score (nSPS) is 62.2. The molecule has 0 aromatic carbocycles. The van der Waals surface area contributed by atoms with E-state index < -0.39 is 16.6 Å². The second-order valence-corrected chi connectivity index (χ2v) is 4.53. The first-order valence-corrected chi connectivity index (χ1v) is 4.44. The summed E-state index contributed by atoms with van der Waals surface area (Å²) in [7, 11) is 0. The SMILES string of the molecule is C[C@]12CCC[C@@H](O)C1[C@]2(F)Cl. The van der Waals surface area contributed by atoms with Gasteiger partial charge in [0.25, 0.3) is 0 Å². The third kappa shape index (κ3) is 0.748. The van der Waals surface area contributed by atoms with Gasteiger partial charge in [-0.15, -0.1) is 0 Å². The van der Waals surface area contributed by atoms with Crippen molar-refractivity contribution in [3.8, 4) is 0 Å². The number of halogens is 2. The van der Waals surface area contributed by atoms with Crippen molar-refractivity contribution in [3.05, 3.63) is 0 Å². The monoisotopic (exact) mass is 178 g/mol. The van der Waals surface area contributed by atoms with E-state index in [0.29, 0.717) is 6.42 Å². The van der Waals surface area contributed by atoms with Crippen molar-refractivity contribution in [2.45, 2.75) is 37.4 Å². The molecule has 1 nitrogen and oxygen atoms in total. The number of rotatable bonds is 0. The summed E-state index contributed by atoms with van der Waals surface area (Å²) in [4.78, 5) is 0. The van der Waals surface area contributed by atoms with E-state index >= 15 is 0 Å². The topological polar surface area (TPSA) is 20.2 Å². The minimum Gasteiger partial charge on any atom is -0.393 e. The van der Waals surface area contributed by atoms with Crippen LogP contribution in [-0.4, -0.2) is 16.3 Å². The average molecular weight is 179 g/mol. The largest absolute Gasteiger partial charge is 0.393 e. The standard InChI is InChI=1S/C8H12ClFO/c1-7-4-2-3-5(11)6(7)8(7,9)10/h5-6,11H,2-4H2,1H3/t5-,6?,7+,8-/m1/s1. The zero-order chi connectivity index (χ0) is 8.28. The van der Waals surface area contributed by atoms with E-state index in [4.69, 9.17) is 11.6 Å². The second kappa shape index (κ2) is 1.91. The molecule has 1 unspecified atom stereocenters. The molecule has 4 atom stereocenters. The molecule has 1 N–H and O–H groups in total. The molecular formula is C8H12ClFO. The van der Waals surface area contributed by atoms with Crippen LogP contribution in [-0.2, 0) is 0 Å². The number of hydrogen-bond donors (Lipinski definition) is 1. The highest BCUT2D eigenvalue weighted by atomic mass is 35.5. The maximum atomic E-state index is 13.4. The quantitative estimate of drug-likeness (QED) is 0.563. The van der Waals surface area contributed by atoms with Crippen LogP contribution < -0.4 is 0 Å². The highest BCUT2D eigenvalue weighted by molar-refractivity contribution is 6.26. The van der Waals surface area contributed by atoms with Crippen LogP contribution in [0.4, 0.5) is 4.39 Å². The first-order chi connectivity index (χ1) is 5.00. The zero-order valence-corrected chi connectivity index (χ0v) is 7.24. The lowest BCUT2D eigenvalue weighted by molar-refractivity contribution is 0.0954. The van der Waals surface area contributed by atoms with Gasteiger partial charge in [-0.3, -0.25) is 0 Å². The Bertz CT molecular complexity index is 195. The fraction of sp³-hybridized carbons (Fsp3) is 1.00. The van der Waals surface area contributed by atoms with Crippen molar-refractivity contribution in [1.82, 2.24) is 0 Å². The predicted octanol–water partition coefficient (Wildman–Crippen LogP) is 2.07. The molecule has 64 valence electrons. The van der Waals surface area contributed by atoms with Crippen LogP contribution in [0, 0.1) is 11.3 Å². The number of aliphatic hydroxyl groups is 1. The molecule has 0 saturated heterocycles. The second-order valence-electron chi connectivity index (χ2n) is 3.98. The Morgan fingerprint density at radius 3 is 2.73 bits per heavy atom. The Morgan fingerprint density at radius 2 is 2.27 bits per heavy atom. The number of hydrogen-bond acceptors (Lipinski definition) is 1. The third-order valence-electron chi connectivity index (χ3n) is 3.34. The van der Waals surface area contributed by atoms with Gasteiger partial charge in [-0.2, -0.15) is 0 Å². The summed E-state index contributed by atoms with van der Waals surface area (Å²) in [6, 6.07) is 0. The number of fused-ring (bicyclic) bond motifs is 1. The van der Waals surface area contributed by atoms with Crippen LogP contribution in [0.3, 0.4) is 0 Å². The Kier molecular flexibility index (Phi) is 1.36. The highest BCUT2D eigenvalue weighted by Crippen LogP contribution is 2.73. The Morgan fingerprint density at radius 1 is 1.64 bits per heavy atom. The van der Waals surface area contributed by atoms with E-state index in [1.54, 1.807) is 0 Å². The van der Waals surface area contributed by atoms with Gasteiger partial charge in [0.2, 0.25) is 0 Å². The summed E-state index contributed by atoms with van der Waals surface area (Å²) in [6.07, 6.45) is 1.90. The molecule has 2 aliphatic rings. The lowest BCUT2D eigenvalue weighted by atomic mass is 9.88. The molecule has 2 fully saturated rings. The summed E-state index contributed by atoms with van der Waals surface area (Å²) in [5.41, 5.74) is -0.438. The van der Waals surface area contributed by atoms with Crippen LogP contribution in [0.2, 0.25) is 0 Å². The average Bonchev–Trinajstić information content (AvgIpc) is 2.29. The van der Waals surface area contributed by atoms with Gasteiger partial charge in [0, 0.05) is 11.3 Å². The Balaban J connectivity index is 2.23. The minimum atomic E-state index is -1.62. The van der Waals surface area contributed by atoms with Gasteiger partial charge in [-0.05, 0) is 12.8 Å². The molecule has 0 radical (unpaired) electrons. The van der Waals surface area contributed by atoms with Crippen LogP contribution in [0.1, 0.15) is 26.2 Å². The van der Waals surface area contributed by atoms with Gasteiger partial charge in [0.15, 0.2) is 5.13 Å². The number of aliphatic hydroxyl groups excluding tert-OH is 1. The molecule has 0 spiro atoms. The van der Waals surface area contributed by atoms with Gasteiger partial charge >= 0.3 is 0 Å². The van der Waals surface area contributed by atoms with Crippen LogP contribution in [0.5, 0.6) is 0 Å². The fourth-order valence-electron chi connectivity index (χ4n) is 2.45. The van der Waals surface area contributed by atoms with Gasteiger partial charge in [0.05, 0.1) is 6.10 Å². The number of alkyl halides is 2. The van der Waals surface area contributed by atoms with Crippen LogP contribution in [0.15, 0.2) is 0 Å². The van der Waals surface area contributed by atoms with Crippen molar-refractivity contribution in [3.63, 3.8) is 0 Å². The van der Waals surface area contributed by atoms with Crippen molar-refractivity contribution in [2.75, 3.05) is 0 Å². The highest BCUT2D eigenvalue weighted by Gasteiger charge is 2.77. The smallest absolute Gasteiger partial charge is 0.195 e. The Hall–Kier alpha value is 0.180. The molecule has 2 saturated carbocycles. The van der Waals surface area contributed by atoms with Crippen LogP contribution in [0.25, 0.3) is 0 Å². The summed E-state index contributed by atoms with van der Waals surface area (Å²) in [5, 5.41) is 7.77. The fourth-order valence-corrected chi connectivity index (χ4v) is 2.99. The van der Waals surface area contributed by atoms with E-state index in [0.717, 1.165) is 12.8 Å². The minimum absolute atomic E-state index is 0.314. The summed E-state index contributed by atoms with van der Waals surface area (Å²) in [5.74, 6) is -0.314. The van der Waals surface area contributed by atoms with E-state index in [9.17, 15) is 9.50 Å². The molecule has 2 rings (SSSR count). The van der Waals surface area contributed by atoms with Gasteiger partial charge in [0.1, 0.15) is 0 Å². The molecule has 3 heteroatoms. The summed E-state index contributed by atoms with van der Waals surface area (Å²) < 4.78 is 13.4. The first-order valence-electron chi connectivity index (χ1n) is 4.06. The molecular weight excluding hydrogens is 167 g/mol. The zero-order valence-electron chi connectivity index (χ0n) is 6.48. The van der Waals surface area contributed by atoms with E-state index in [-0.39, 0.29) is 5.92 Å². The molecule has 0 heterocycles. The molecule has 2 aliphatic carbocycles. The van der Waals surface area contributed by atoms with Gasteiger partial charge < -0.3 is 5.11 Å². The van der Waals surface area contributed by atoms with E-state index in [2.05, 4.69) is 0 Å².